The van der Waals surface area contributed by atoms with E-state index in [0.717, 1.165) is 10.0 Å². The van der Waals surface area contributed by atoms with E-state index in [9.17, 15) is 0 Å². The van der Waals surface area contributed by atoms with E-state index in [0.29, 0.717) is 5.02 Å². The number of hydrogen-bond acceptors (Lipinski definition) is 1. The van der Waals surface area contributed by atoms with E-state index in [1.165, 1.54) is 0 Å². The molecule has 1 nitrogen and oxygen atoms in total. The van der Waals surface area contributed by atoms with Gasteiger partial charge in [-0.3, -0.25) is 0 Å². The first kappa shape index (κ1) is 8.05. The van der Waals surface area contributed by atoms with Crippen molar-refractivity contribution in [2.24, 2.45) is 0 Å². The minimum Gasteiger partial charge on any atom is -0.392 e. The van der Waals surface area contributed by atoms with E-state index in [1.807, 2.05) is 0 Å². The molecule has 0 spiro atoms. The van der Waals surface area contributed by atoms with Gasteiger partial charge in [-0.25, -0.2) is 0 Å². The number of aliphatic hydroxyl groups is 1. The van der Waals surface area contributed by atoms with Crippen LogP contribution in [0.3, 0.4) is 0 Å². The average Bonchev–Trinajstić information content (AvgIpc) is 1.95. The molecule has 0 aliphatic heterocycles. The Morgan fingerprint density at radius 1 is 1.50 bits per heavy atom. The van der Waals surface area contributed by atoms with Gasteiger partial charge in [0.1, 0.15) is 0 Å². The van der Waals surface area contributed by atoms with E-state index in [1.54, 1.807) is 18.2 Å². The molecule has 0 atom stereocenters. The molecule has 0 amide bonds. The molecule has 1 rings (SSSR count). The van der Waals surface area contributed by atoms with Gasteiger partial charge in [0.05, 0.1) is 11.6 Å². The molecule has 0 aromatic heterocycles. The van der Waals surface area contributed by atoms with Gasteiger partial charge >= 0.3 is 0 Å². The van der Waals surface area contributed by atoms with Crippen LogP contribution in [0, 0.1) is 0 Å². The van der Waals surface area contributed by atoms with Gasteiger partial charge in [0.2, 0.25) is 0 Å². The number of benzene rings is 1. The predicted octanol–water partition coefficient (Wildman–Crippen LogP) is 2.59. The summed E-state index contributed by atoms with van der Waals surface area (Å²) in [6.07, 6.45) is 0. The van der Waals surface area contributed by atoms with Crippen molar-refractivity contribution in [1.82, 2.24) is 0 Å². The summed E-state index contributed by atoms with van der Waals surface area (Å²) in [5.74, 6) is 0. The summed E-state index contributed by atoms with van der Waals surface area (Å²) >= 11 is 8.95. The van der Waals surface area contributed by atoms with Gasteiger partial charge in [0.15, 0.2) is 0 Å². The van der Waals surface area contributed by atoms with Gasteiger partial charge in [-0.05, 0) is 33.6 Å². The van der Waals surface area contributed by atoms with Crippen LogP contribution in [-0.2, 0) is 6.61 Å². The molecule has 0 bridgehead atoms. The zero-order chi connectivity index (χ0) is 7.56. The Bertz CT molecular complexity index is 237. The van der Waals surface area contributed by atoms with Gasteiger partial charge in [-0.1, -0.05) is 17.7 Å². The third kappa shape index (κ3) is 1.72. The van der Waals surface area contributed by atoms with Crippen LogP contribution in [0.25, 0.3) is 0 Å². The second kappa shape index (κ2) is 3.37. The summed E-state index contributed by atoms with van der Waals surface area (Å²) in [5.41, 5.74) is 0.858. The molecule has 0 aliphatic rings. The topological polar surface area (TPSA) is 20.2 Å². The van der Waals surface area contributed by atoms with Crippen molar-refractivity contribution in [3.05, 3.63) is 33.3 Å². The maximum absolute atomic E-state index is 8.69. The maximum Gasteiger partial charge on any atom is 0.0682 e. The standard InChI is InChI=1S/C7H6BrClO/c8-6-3-5(4-10)1-2-7(6)9/h1-3,10H,4H2. The van der Waals surface area contributed by atoms with Crippen molar-refractivity contribution in [3.63, 3.8) is 0 Å². The molecule has 1 aromatic carbocycles. The smallest absolute Gasteiger partial charge is 0.0682 e. The third-order valence-corrected chi connectivity index (χ3v) is 2.38. The molecule has 3 heteroatoms. The molecule has 10 heavy (non-hydrogen) atoms. The SMILES string of the molecule is OCc1ccc(Cl)c(Br)c1. The molecule has 1 aromatic rings. The maximum atomic E-state index is 8.69. The molecular weight excluding hydrogens is 215 g/mol. The monoisotopic (exact) mass is 220 g/mol. The number of rotatable bonds is 1. The molecule has 0 aliphatic carbocycles. The zero-order valence-electron chi connectivity index (χ0n) is 5.14. The second-order valence-electron chi connectivity index (χ2n) is 1.91. The molecule has 1 N–H and O–H groups in total. The molecule has 0 unspecified atom stereocenters. The highest BCUT2D eigenvalue weighted by Crippen LogP contribution is 2.22. The lowest BCUT2D eigenvalue weighted by atomic mass is 10.2. The van der Waals surface area contributed by atoms with E-state index < -0.39 is 0 Å². The van der Waals surface area contributed by atoms with Gasteiger partial charge in [-0.15, -0.1) is 0 Å². The van der Waals surface area contributed by atoms with E-state index in [4.69, 9.17) is 16.7 Å². The summed E-state index contributed by atoms with van der Waals surface area (Å²) < 4.78 is 0.820. The quantitative estimate of drug-likeness (QED) is 0.773. The normalized spacial score (nSPS) is 9.90. The minimum absolute atomic E-state index is 0.0514. The molecule has 0 heterocycles. The number of halogens is 2. The Morgan fingerprint density at radius 3 is 2.70 bits per heavy atom. The summed E-state index contributed by atoms with van der Waals surface area (Å²) in [6.45, 7) is 0.0514. The first-order chi connectivity index (χ1) is 4.74. The number of aliphatic hydroxyl groups excluding tert-OH is 1. The van der Waals surface area contributed by atoms with E-state index >= 15 is 0 Å². The number of hydrogen-bond donors (Lipinski definition) is 1. The fourth-order valence-corrected chi connectivity index (χ4v) is 1.18. The molecule has 0 saturated carbocycles. The summed E-state index contributed by atoms with van der Waals surface area (Å²) in [5, 5.41) is 9.35. The third-order valence-electron chi connectivity index (χ3n) is 1.17. The van der Waals surface area contributed by atoms with Crippen molar-refractivity contribution in [2.45, 2.75) is 6.61 Å². The lowest BCUT2D eigenvalue weighted by molar-refractivity contribution is 0.282. The Kier molecular flexibility index (Phi) is 2.72. The van der Waals surface area contributed by atoms with Crippen LogP contribution >= 0.6 is 27.5 Å². The first-order valence-corrected chi connectivity index (χ1v) is 3.96. The van der Waals surface area contributed by atoms with Crippen LogP contribution in [0.5, 0.6) is 0 Å². The van der Waals surface area contributed by atoms with Gasteiger partial charge in [0, 0.05) is 4.47 Å². The van der Waals surface area contributed by atoms with E-state index in [-0.39, 0.29) is 6.61 Å². The largest absolute Gasteiger partial charge is 0.392 e. The highest BCUT2D eigenvalue weighted by Gasteiger charge is 1.96. The van der Waals surface area contributed by atoms with Gasteiger partial charge in [0.25, 0.3) is 0 Å². The predicted molar refractivity (Wildman–Crippen MR) is 45.1 cm³/mol. The summed E-state index contributed by atoms with van der Waals surface area (Å²) in [4.78, 5) is 0. The molecular formula is C7H6BrClO. The fourth-order valence-electron chi connectivity index (χ4n) is 0.638. The van der Waals surface area contributed by atoms with Gasteiger partial charge in [-0.2, -0.15) is 0 Å². The second-order valence-corrected chi connectivity index (χ2v) is 3.17. The van der Waals surface area contributed by atoms with Crippen LogP contribution in [0.15, 0.2) is 22.7 Å². The van der Waals surface area contributed by atoms with Crippen molar-refractivity contribution in [3.8, 4) is 0 Å². The highest BCUT2D eigenvalue weighted by atomic mass is 79.9. The van der Waals surface area contributed by atoms with Crippen LogP contribution < -0.4 is 0 Å². The Hall–Kier alpha value is -0.0500. The summed E-state index contributed by atoms with van der Waals surface area (Å²) in [6, 6.07) is 5.33. The van der Waals surface area contributed by atoms with Crippen molar-refractivity contribution in [2.75, 3.05) is 0 Å². The lowest BCUT2D eigenvalue weighted by Crippen LogP contribution is -1.81. The Balaban J connectivity index is 3.04. The van der Waals surface area contributed by atoms with Crippen LogP contribution in [0.4, 0.5) is 0 Å². The van der Waals surface area contributed by atoms with Crippen molar-refractivity contribution in [1.29, 1.82) is 0 Å². The van der Waals surface area contributed by atoms with E-state index in [2.05, 4.69) is 15.9 Å². The average molecular weight is 221 g/mol. The van der Waals surface area contributed by atoms with Gasteiger partial charge < -0.3 is 5.11 Å². The lowest BCUT2D eigenvalue weighted by Gasteiger charge is -1.97. The van der Waals surface area contributed by atoms with Crippen LogP contribution in [-0.4, -0.2) is 5.11 Å². The molecule has 0 fully saturated rings. The summed E-state index contributed by atoms with van der Waals surface area (Å²) in [7, 11) is 0. The van der Waals surface area contributed by atoms with Crippen LogP contribution in [0.2, 0.25) is 5.02 Å². The van der Waals surface area contributed by atoms with Crippen molar-refractivity contribution >= 4 is 27.5 Å². The molecule has 0 saturated heterocycles. The first-order valence-electron chi connectivity index (χ1n) is 2.79. The highest BCUT2D eigenvalue weighted by molar-refractivity contribution is 9.10. The van der Waals surface area contributed by atoms with Crippen molar-refractivity contribution < 1.29 is 5.11 Å². The Labute approximate surface area is 72.8 Å². The minimum atomic E-state index is 0.0514. The molecule has 54 valence electrons. The fraction of sp³-hybridized carbons (Fsp3) is 0.143. The molecule has 0 radical (unpaired) electrons. The Morgan fingerprint density at radius 2 is 2.20 bits per heavy atom. The zero-order valence-corrected chi connectivity index (χ0v) is 7.48. The van der Waals surface area contributed by atoms with Crippen LogP contribution in [0.1, 0.15) is 5.56 Å².